The number of hydrogen-bond donors (Lipinski definition) is 0. The van der Waals surface area contributed by atoms with Gasteiger partial charge in [0.05, 0.1) is 12.7 Å². The average molecular weight is 341 g/mol. The van der Waals surface area contributed by atoms with E-state index in [4.69, 9.17) is 4.74 Å². The molecule has 0 atom stereocenters. The zero-order valence-electron chi connectivity index (χ0n) is 11.5. The molecule has 0 unspecified atom stereocenters. The summed E-state index contributed by atoms with van der Waals surface area (Å²) < 4.78 is 5.74. The number of rotatable bonds is 2. The van der Waals surface area contributed by atoms with Crippen molar-refractivity contribution in [3.63, 3.8) is 0 Å². The Hall–Kier alpha value is -2.13. The number of carbonyl (C=O) groups excluding carboxylic acids is 1. The summed E-state index contributed by atoms with van der Waals surface area (Å²) in [7, 11) is 1.40. The van der Waals surface area contributed by atoms with Crippen molar-refractivity contribution >= 4 is 32.7 Å². The lowest BCUT2D eigenvalue weighted by Crippen LogP contribution is -2.03. The van der Waals surface area contributed by atoms with Gasteiger partial charge in [-0.25, -0.2) is 4.79 Å². The number of hydrogen-bond acceptors (Lipinski definition) is 2. The van der Waals surface area contributed by atoms with Crippen molar-refractivity contribution < 1.29 is 9.53 Å². The van der Waals surface area contributed by atoms with Crippen LogP contribution in [0, 0.1) is 0 Å². The predicted molar refractivity (Wildman–Crippen MR) is 88.4 cm³/mol. The van der Waals surface area contributed by atoms with Crippen molar-refractivity contribution in [3.05, 3.63) is 70.7 Å². The molecule has 3 rings (SSSR count). The first-order valence-electron chi connectivity index (χ1n) is 6.56. The molecule has 21 heavy (non-hydrogen) atoms. The monoisotopic (exact) mass is 340 g/mol. The molecule has 0 fully saturated rings. The molecular formula is C18H13BrO2. The van der Waals surface area contributed by atoms with Crippen LogP contribution in [0.3, 0.4) is 0 Å². The fourth-order valence-electron chi connectivity index (χ4n) is 2.40. The third-order valence-corrected chi connectivity index (χ3v) is 3.94. The van der Waals surface area contributed by atoms with Gasteiger partial charge in [-0.1, -0.05) is 58.4 Å². The maximum atomic E-state index is 12.0. The summed E-state index contributed by atoms with van der Waals surface area (Å²) in [5.74, 6) is -0.334. The van der Waals surface area contributed by atoms with Gasteiger partial charge in [-0.2, -0.15) is 0 Å². The molecule has 0 spiro atoms. The van der Waals surface area contributed by atoms with E-state index in [2.05, 4.69) is 40.2 Å². The molecule has 0 aliphatic carbocycles. The van der Waals surface area contributed by atoms with Gasteiger partial charge >= 0.3 is 5.97 Å². The molecule has 3 aromatic rings. The molecule has 3 aromatic carbocycles. The second kappa shape index (κ2) is 5.70. The molecule has 2 nitrogen and oxygen atoms in total. The van der Waals surface area contributed by atoms with E-state index in [0.29, 0.717) is 5.56 Å². The number of esters is 1. The van der Waals surface area contributed by atoms with Gasteiger partial charge in [0.2, 0.25) is 0 Å². The first kappa shape index (κ1) is 13.8. The van der Waals surface area contributed by atoms with Gasteiger partial charge in [0, 0.05) is 4.47 Å². The zero-order chi connectivity index (χ0) is 14.8. The summed E-state index contributed by atoms with van der Waals surface area (Å²) in [6.07, 6.45) is 0. The standard InChI is InChI=1S/C18H13BrO2/c1-21-18(20)17-11-15(19)8-9-16(17)14-7-6-12-4-2-3-5-13(12)10-14/h2-11H,1H3. The minimum Gasteiger partial charge on any atom is -0.465 e. The normalized spacial score (nSPS) is 10.6. The Labute approximate surface area is 131 Å². The van der Waals surface area contributed by atoms with E-state index in [9.17, 15) is 4.79 Å². The van der Waals surface area contributed by atoms with Crippen LogP contribution in [-0.4, -0.2) is 13.1 Å². The van der Waals surface area contributed by atoms with Gasteiger partial charge in [-0.05, 0) is 40.1 Å². The fourth-order valence-corrected chi connectivity index (χ4v) is 2.76. The van der Waals surface area contributed by atoms with Crippen LogP contribution >= 0.6 is 15.9 Å². The van der Waals surface area contributed by atoms with Crippen molar-refractivity contribution in [2.75, 3.05) is 7.11 Å². The quantitative estimate of drug-likeness (QED) is 0.609. The van der Waals surface area contributed by atoms with Crippen LogP contribution in [0.4, 0.5) is 0 Å². The van der Waals surface area contributed by atoms with Gasteiger partial charge in [-0.3, -0.25) is 0 Å². The lowest BCUT2D eigenvalue weighted by molar-refractivity contribution is 0.0601. The molecule has 104 valence electrons. The van der Waals surface area contributed by atoms with Gasteiger partial charge in [0.15, 0.2) is 0 Å². The Morgan fingerprint density at radius 1 is 0.952 bits per heavy atom. The molecule has 0 amide bonds. The van der Waals surface area contributed by atoms with Gasteiger partial charge in [0.1, 0.15) is 0 Å². The summed E-state index contributed by atoms with van der Waals surface area (Å²) in [5.41, 5.74) is 2.43. The van der Waals surface area contributed by atoms with Crippen LogP contribution in [0.1, 0.15) is 10.4 Å². The second-order valence-electron chi connectivity index (χ2n) is 4.74. The maximum absolute atomic E-state index is 12.0. The minimum atomic E-state index is -0.334. The lowest BCUT2D eigenvalue weighted by atomic mass is 9.97. The molecular weight excluding hydrogens is 328 g/mol. The van der Waals surface area contributed by atoms with Crippen LogP contribution in [0.25, 0.3) is 21.9 Å². The van der Waals surface area contributed by atoms with Crippen LogP contribution in [0.15, 0.2) is 65.1 Å². The Morgan fingerprint density at radius 2 is 1.71 bits per heavy atom. The molecule has 0 heterocycles. The van der Waals surface area contributed by atoms with E-state index < -0.39 is 0 Å². The van der Waals surface area contributed by atoms with E-state index in [1.54, 1.807) is 6.07 Å². The highest BCUT2D eigenvalue weighted by molar-refractivity contribution is 9.10. The molecule has 3 heteroatoms. The van der Waals surface area contributed by atoms with Crippen molar-refractivity contribution in [2.24, 2.45) is 0 Å². The van der Waals surface area contributed by atoms with E-state index >= 15 is 0 Å². The Balaban J connectivity index is 2.20. The first-order valence-corrected chi connectivity index (χ1v) is 7.35. The second-order valence-corrected chi connectivity index (χ2v) is 5.66. The molecule has 0 aliphatic rings. The van der Waals surface area contributed by atoms with Crippen molar-refractivity contribution in [2.45, 2.75) is 0 Å². The fraction of sp³-hybridized carbons (Fsp3) is 0.0556. The Morgan fingerprint density at radius 3 is 2.48 bits per heavy atom. The molecule has 0 bridgehead atoms. The predicted octanol–water partition coefficient (Wildman–Crippen LogP) is 5.06. The number of methoxy groups -OCH3 is 1. The zero-order valence-corrected chi connectivity index (χ0v) is 13.1. The molecule has 0 aliphatic heterocycles. The van der Waals surface area contributed by atoms with E-state index in [1.165, 1.54) is 12.5 Å². The number of ether oxygens (including phenoxy) is 1. The summed E-state index contributed by atoms with van der Waals surface area (Å²) in [5, 5.41) is 2.33. The third kappa shape index (κ3) is 2.69. The summed E-state index contributed by atoms with van der Waals surface area (Å²) in [6, 6.07) is 20.0. The molecule has 0 radical (unpaired) electrons. The van der Waals surface area contributed by atoms with Crippen molar-refractivity contribution in [1.29, 1.82) is 0 Å². The van der Waals surface area contributed by atoms with Gasteiger partial charge < -0.3 is 4.74 Å². The third-order valence-electron chi connectivity index (χ3n) is 3.45. The van der Waals surface area contributed by atoms with Crippen molar-refractivity contribution in [1.82, 2.24) is 0 Å². The highest BCUT2D eigenvalue weighted by atomic mass is 79.9. The average Bonchev–Trinajstić information content (AvgIpc) is 2.53. The van der Waals surface area contributed by atoms with Gasteiger partial charge in [0.25, 0.3) is 0 Å². The van der Waals surface area contributed by atoms with Crippen LogP contribution in [0.5, 0.6) is 0 Å². The van der Waals surface area contributed by atoms with Crippen LogP contribution in [0.2, 0.25) is 0 Å². The smallest absolute Gasteiger partial charge is 0.338 e. The molecule has 0 aromatic heterocycles. The van der Waals surface area contributed by atoms with Crippen LogP contribution in [-0.2, 0) is 4.74 Å². The minimum absolute atomic E-state index is 0.334. The Bertz CT molecular complexity index is 824. The molecule has 0 saturated heterocycles. The maximum Gasteiger partial charge on any atom is 0.338 e. The molecule has 0 N–H and O–H groups in total. The number of carbonyl (C=O) groups is 1. The summed E-state index contributed by atoms with van der Waals surface area (Å²) in [6.45, 7) is 0. The van der Waals surface area contributed by atoms with E-state index in [0.717, 1.165) is 21.0 Å². The van der Waals surface area contributed by atoms with Crippen LogP contribution < -0.4 is 0 Å². The van der Waals surface area contributed by atoms with Crippen molar-refractivity contribution in [3.8, 4) is 11.1 Å². The highest BCUT2D eigenvalue weighted by Gasteiger charge is 2.14. The lowest BCUT2D eigenvalue weighted by Gasteiger charge is -2.10. The first-order chi connectivity index (χ1) is 10.2. The van der Waals surface area contributed by atoms with Gasteiger partial charge in [-0.15, -0.1) is 0 Å². The highest BCUT2D eigenvalue weighted by Crippen LogP contribution is 2.29. The topological polar surface area (TPSA) is 26.3 Å². The molecule has 0 saturated carbocycles. The number of fused-ring (bicyclic) bond motifs is 1. The SMILES string of the molecule is COC(=O)c1cc(Br)ccc1-c1ccc2ccccc2c1. The Kier molecular flexibility index (Phi) is 3.76. The van der Waals surface area contributed by atoms with E-state index in [1.807, 2.05) is 30.3 Å². The summed E-state index contributed by atoms with van der Waals surface area (Å²) in [4.78, 5) is 12.0. The number of halogens is 1. The summed E-state index contributed by atoms with van der Waals surface area (Å²) >= 11 is 3.40. The number of benzene rings is 3. The van der Waals surface area contributed by atoms with E-state index in [-0.39, 0.29) is 5.97 Å². The largest absolute Gasteiger partial charge is 0.465 e.